The molecule has 4 nitrogen and oxygen atoms in total. The number of nitrogens with zero attached hydrogens (tertiary/aromatic N) is 1. The van der Waals surface area contributed by atoms with Crippen LogP contribution in [0.5, 0.6) is 0 Å². The van der Waals surface area contributed by atoms with Gasteiger partial charge in [0.2, 0.25) is 0 Å². The van der Waals surface area contributed by atoms with Crippen molar-refractivity contribution < 1.29 is 13.9 Å². The van der Waals surface area contributed by atoms with E-state index >= 15 is 0 Å². The highest BCUT2D eigenvalue weighted by Crippen LogP contribution is 2.24. The molecular formula is C15H21FN2O2. The van der Waals surface area contributed by atoms with Crippen molar-refractivity contribution in [2.45, 2.75) is 45.8 Å². The van der Waals surface area contributed by atoms with Crippen molar-refractivity contribution in [1.82, 2.24) is 10.3 Å². The summed E-state index contributed by atoms with van der Waals surface area (Å²) in [6, 6.07) is 3.25. The van der Waals surface area contributed by atoms with E-state index in [4.69, 9.17) is 4.42 Å². The number of oxazole rings is 1. The molecule has 0 radical (unpaired) electrons. The third kappa shape index (κ3) is 3.55. The fourth-order valence-electron chi connectivity index (χ4n) is 1.93. The summed E-state index contributed by atoms with van der Waals surface area (Å²) in [5, 5.41) is 12.7. The monoisotopic (exact) mass is 280 g/mol. The first-order chi connectivity index (χ1) is 9.26. The molecule has 0 fully saturated rings. The van der Waals surface area contributed by atoms with Crippen LogP contribution >= 0.6 is 0 Å². The molecule has 0 spiro atoms. The smallest absolute Gasteiger partial charge is 0.198 e. The molecule has 0 aliphatic rings. The molecule has 2 aromatic rings. The van der Waals surface area contributed by atoms with E-state index in [-0.39, 0.29) is 11.5 Å². The maximum absolute atomic E-state index is 14.0. The number of fused-ring (bicyclic) bond motifs is 1. The van der Waals surface area contributed by atoms with Crippen LogP contribution in [0, 0.1) is 5.82 Å². The van der Waals surface area contributed by atoms with Gasteiger partial charge in [-0.2, -0.15) is 0 Å². The number of halogens is 1. The fraction of sp³-hybridized carbons (Fsp3) is 0.533. The number of nitrogens with one attached hydrogen (secondary N) is 1. The Kier molecular flexibility index (Phi) is 4.11. The van der Waals surface area contributed by atoms with Crippen LogP contribution in [-0.4, -0.2) is 22.2 Å². The Morgan fingerprint density at radius 3 is 2.70 bits per heavy atom. The first-order valence-corrected chi connectivity index (χ1v) is 6.78. The van der Waals surface area contributed by atoms with Crippen molar-refractivity contribution in [2.75, 3.05) is 6.54 Å². The Labute approximate surface area is 118 Å². The highest BCUT2D eigenvalue weighted by Gasteiger charge is 2.15. The second-order valence-corrected chi connectivity index (χ2v) is 6.05. The lowest BCUT2D eigenvalue weighted by Gasteiger charge is -2.17. The highest BCUT2D eigenvalue weighted by atomic mass is 19.1. The quantitative estimate of drug-likeness (QED) is 0.884. The topological polar surface area (TPSA) is 58.3 Å². The zero-order valence-electron chi connectivity index (χ0n) is 12.3. The van der Waals surface area contributed by atoms with Gasteiger partial charge in [-0.15, -0.1) is 0 Å². The third-order valence-corrected chi connectivity index (χ3v) is 2.90. The predicted molar refractivity (Wildman–Crippen MR) is 76.1 cm³/mol. The van der Waals surface area contributed by atoms with Gasteiger partial charge in [-0.25, -0.2) is 9.37 Å². The molecule has 1 heterocycles. The van der Waals surface area contributed by atoms with Gasteiger partial charge in [0.1, 0.15) is 5.52 Å². The summed E-state index contributed by atoms with van der Waals surface area (Å²) < 4.78 is 19.4. The van der Waals surface area contributed by atoms with E-state index < -0.39 is 11.4 Å². The molecule has 20 heavy (non-hydrogen) atoms. The van der Waals surface area contributed by atoms with Gasteiger partial charge in [0.05, 0.1) is 5.60 Å². The van der Waals surface area contributed by atoms with E-state index in [2.05, 4.69) is 10.3 Å². The summed E-state index contributed by atoms with van der Waals surface area (Å²) in [4.78, 5) is 4.31. The molecule has 5 heteroatoms. The Morgan fingerprint density at radius 1 is 1.40 bits per heavy atom. The average molecular weight is 280 g/mol. The van der Waals surface area contributed by atoms with Gasteiger partial charge in [-0.3, -0.25) is 0 Å². The zero-order valence-corrected chi connectivity index (χ0v) is 12.3. The number of benzene rings is 1. The van der Waals surface area contributed by atoms with Gasteiger partial charge < -0.3 is 14.8 Å². The molecule has 0 amide bonds. The predicted octanol–water partition coefficient (Wildman–Crippen LogP) is 2.95. The van der Waals surface area contributed by atoms with E-state index in [9.17, 15) is 9.50 Å². The minimum atomic E-state index is -0.790. The lowest BCUT2D eigenvalue weighted by atomic mass is 10.1. The van der Waals surface area contributed by atoms with Crippen molar-refractivity contribution >= 4 is 11.1 Å². The Balaban J connectivity index is 2.19. The molecule has 0 bridgehead atoms. The van der Waals surface area contributed by atoms with Crippen LogP contribution < -0.4 is 5.32 Å². The van der Waals surface area contributed by atoms with Crippen molar-refractivity contribution in [2.24, 2.45) is 0 Å². The largest absolute Gasteiger partial charge is 0.437 e. The molecule has 0 saturated heterocycles. The first-order valence-electron chi connectivity index (χ1n) is 6.78. The van der Waals surface area contributed by atoms with E-state index in [1.807, 2.05) is 19.9 Å². The van der Waals surface area contributed by atoms with Gasteiger partial charge >= 0.3 is 0 Å². The summed E-state index contributed by atoms with van der Waals surface area (Å²) in [6.45, 7) is 8.25. The van der Waals surface area contributed by atoms with Crippen LogP contribution in [0.4, 0.5) is 4.39 Å². The number of rotatable bonds is 5. The van der Waals surface area contributed by atoms with E-state index in [1.165, 1.54) is 6.07 Å². The SMILES string of the molecule is CC(C)c1nc2cc(CNCC(C)(C)O)cc(F)c2o1. The van der Waals surface area contributed by atoms with Crippen LogP contribution in [0.2, 0.25) is 0 Å². The van der Waals surface area contributed by atoms with Crippen LogP contribution in [-0.2, 0) is 6.54 Å². The molecule has 0 aliphatic carbocycles. The van der Waals surface area contributed by atoms with E-state index in [0.717, 1.165) is 5.56 Å². The Morgan fingerprint density at radius 2 is 2.10 bits per heavy atom. The van der Waals surface area contributed by atoms with Gasteiger partial charge in [0.25, 0.3) is 0 Å². The van der Waals surface area contributed by atoms with Crippen LogP contribution in [0.25, 0.3) is 11.1 Å². The molecule has 0 saturated carbocycles. The van der Waals surface area contributed by atoms with Crippen LogP contribution in [0.15, 0.2) is 16.5 Å². The molecule has 2 rings (SSSR count). The number of hydrogen-bond acceptors (Lipinski definition) is 4. The number of aliphatic hydroxyl groups is 1. The third-order valence-electron chi connectivity index (χ3n) is 2.90. The lowest BCUT2D eigenvalue weighted by Crippen LogP contribution is -2.34. The Hall–Kier alpha value is -1.46. The molecule has 1 aromatic carbocycles. The normalized spacial score (nSPS) is 12.6. The summed E-state index contributed by atoms with van der Waals surface area (Å²) in [6.07, 6.45) is 0. The lowest BCUT2D eigenvalue weighted by molar-refractivity contribution is 0.0795. The van der Waals surface area contributed by atoms with Crippen molar-refractivity contribution in [3.8, 4) is 0 Å². The Bertz CT molecular complexity index is 600. The summed E-state index contributed by atoms with van der Waals surface area (Å²) in [5.74, 6) is 0.265. The van der Waals surface area contributed by atoms with Crippen molar-refractivity contribution in [3.05, 3.63) is 29.4 Å². The van der Waals surface area contributed by atoms with Crippen molar-refractivity contribution in [3.63, 3.8) is 0 Å². The number of aromatic nitrogens is 1. The molecule has 1 aromatic heterocycles. The van der Waals surface area contributed by atoms with Crippen LogP contribution in [0.3, 0.4) is 0 Å². The summed E-state index contributed by atoms with van der Waals surface area (Å²) >= 11 is 0. The minimum absolute atomic E-state index is 0.124. The molecule has 110 valence electrons. The standard InChI is InChI=1S/C15H21FN2O2/c1-9(2)14-18-12-6-10(5-11(16)13(12)20-14)7-17-8-15(3,4)19/h5-6,9,17,19H,7-8H2,1-4H3. The summed E-state index contributed by atoms with van der Waals surface area (Å²) in [7, 11) is 0. The highest BCUT2D eigenvalue weighted by molar-refractivity contribution is 5.74. The average Bonchev–Trinajstić information content (AvgIpc) is 2.71. The maximum atomic E-state index is 14.0. The maximum Gasteiger partial charge on any atom is 0.198 e. The molecular weight excluding hydrogens is 259 g/mol. The van der Waals surface area contributed by atoms with Gasteiger partial charge in [-0.05, 0) is 31.5 Å². The van der Waals surface area contributed by atoms with Gasteiger partial charge in [-0.1, -0.05) is 13.8 Å². The molecule has 0 aliphatic heterocycles. The second-order valence-electron chi connectivity index (χ2n) is 6.05. The minimum Gasteiger partial charge on any atom is -0.437 e. The van der Waals surface area contributed by atoms with Crippen LogP contribution in [0.1, 0.15) is 45.1 Å². The van der Waals surface area contributed by atoms with Gasteiger partial charge in [0, 0.05) is 19.0 Å². The van der Waals surface area contributed by atoms with Crippen molar-refractivity contribution in [1.29, 1.82) is 0 Å². The zero-order chi connectivity index (χ0) is 14.9. The van der Waals surface area contributed by atoms with E-state index in [1.54, 1.807) is 13.8 Å². The van der Waals surface area contributed by atoms with Gasteiger partial charge in [0.15, 0.2) is 17.3 Å². The molecule has 0 unspecified atom stereocenters. The summed E-state index contributed by atoms with van der Waals surface area (Å²) in [5.41, 5.74) is 0.734. The molecule has 0 atom stereocenters. The first kappa shape index (κ1) is 14.9. The fourth-order valence-corrected chi connectivity index (χ4v) is 1.93. The molecule has 2 N–H and O–H groups in total. The van der Waals surface area contributed by atoms with E-state index in [0.29, 0.717) is 24.5 Å². The number of hydrogen-bond donors (Lipinski definition) is 2. The second kappa shape index (κ2) is 5.50.